The third-order valence-electron chi connectivity index (χ3n) is 4.77. The average molecular weight is 399 g/mol. The van der Waals surface area contributed by atoms with Crippen molar-refractivity contribution in [2.45, 2.75) is 39.5 Å². The predicted molar refractivity (Wildman–Crippen MR) is 119 cm³/mol. The van der Waals surface area contributed by atoms with Crippen LogP contribution in [0.15, 0.2) is 54.7 Å². The molecule has 1 aromatic heterocycles. The molecule has 0 fully saturated rings. The third-order valence-corrected chi connectivity index (χ3v) is 4.77. The number of aromatic nitrogens is 2. The molecule has 6 nitrogen and oxygen atoms in total. The molecule has 1 heterocycles. The number of hydrogen-bond acceptors (Lipinski definition) is 5. The van der Waals surface area contributed by atoms with Gasteiger partial charge in [-0.15, -0.1) is 0 Å². The Morgan fingerprint density at radius 2 is 1.60 bits per heavy atom. The van der Waals surface area contributed by atoms with Gasteiger partial charge in [0.15, 0.2) is 0 Å². The lowest BCUT2D eigenvalue weighted by Gasteiger charge is -2.20. The minimum Gasteiger partial charge on any atom is -0.324 e. The van der Waals surface area contributed by atoms with Crippen LogP contribution >= 0.6 is 0 Å². The summed E-state index contributed by atoms with van der Waals surface area (Å²) >= 11 is 0. The van der Waals surface area contributed by atoms with E-state index in [0.29, 0.717) is 29.0 Å². The zero-order valence-electron chi connectivity index (χ0n) is 17.6. The number of nitrogens with one attached hydrogen (secondary N) is 2. The fourth-order valence-electron chi connectivity index (χ4n) is 3.18. The van der Waals surface area contributed by atoms with Gasteiger partial charge in [0, 0.05) is 17.6 Å². The lowest BCUT2D eigenvalue weighted by Crippen LogP contribution is -2.15. The van der Waals surface area contributed by atoms with Gasteiger partial charge in [-0.25, -0.2) is 9.97 Å². The second-order valence-electron chi connectivity index (χ2n) is 7.65. The van der Waals surface area contributed by atoms with E-state index in [2.05, 4.69) is 72.6 Å². The fraction of sp³-hybridized carbons (Fsp3) is 0.250. The van der Waals surface area contributed by atoms with Crippen LogP contribution in [-0.4, -0.2) is 15.9 Å². The van der Waals surface area contributed by atoms with Crippen molar-refractivity contribution in [3.63, 3.8) is 0 Å². The van der Waals surface area contributed by atoms with Crippen molar-refractivity contribution in [3.05, 3.63) is 77.1 Å². The molecule has 0 spiro atoms. The topological polar surface area (TPSA) is 90.7 Å². The quantitative estimate of drug-likeness (QED) is 0.564. The molecule has 152 valence electrons. The summed E-state index contributed by atoms with van der Waals surface area (Å²) < 4.78 is 0. The number of nitriles is 1. The van der Waals surface area contributed by atoms with E-state index in [0.717, 1.165) is 5.69 Å². The number of anilines is 3. The van der Waals surface area contributed by atoms with Gasteiger partial charge < -0.3 is 10.6 Å². The number of carbonyl (C=O) groups excluding carboxylic acids is 1. The standard InChI is InChI=1S/C24H25N5O/c1-15(2)19-6-5-7-20(16(3)4)22(19)29-24-26-13-12-21(28-24)23(30)27-18-10-8-17(14-25)9-11-18/h5-13,15-16H,1-4H3,(H,27,30)(H,26,28,29). The highest BCUT2D eigenvalue weighted by Gasteiger charge is 2.16. The summed E-state index contributed by atoms with van der Waals surface area (Å²) in [5.41, 5.74) is 4.73. The van der Waals surface area contributed by atoms with Crippen molar-refractivity contribution in [1.29, 1.82) is 5.26 Å². The lowest BCUT2D eigenvalue weighted by atomic mass is 9.93. The molecule has 0 aliphatic heterocycles. The number of amides is 1. The van der Waals surface area contributed by atoms with Crippen molar-refractivity contribution in [2.24, 2.45) is 0 Å². The fourth-order valence-corrected chi connectivity index (χ4v) is 3.18. The second kappa shape index (κ2) is 9.19. The van der Waals surface area contributed by atoms with Gasteiger partial charge in [-0.3, -0.25) is 4.79 Å². The van der Waals surface area contributed by atoms with Gasteiger partial charge in [0.25, 0.3) is 5.91 Å². The molecular weight excluding hydrogens is 374 g/mol. The molecule has 0 saturated carbocycles. The molecule has 2 aromatic carbocycles. The SMILES string of the molecule is CC(C)c1cccc(C(C)C)c1Nc1nccc(C(=O)Nc2ccc(C#N)cc2)n1. The van der Waals surface area contributed by atoms with Gasteiger partial charge in [0.2, 0.25) is 5.95 Å². The minimum absolute atomic E-state index is 0.255. The third kappa shape index (κ3) is 4.81. The van der Waals surface area contributed by atoms with Crippen molar-refractivity contribution < 1.29 is 4.79 Å². The zero-order chi connectivity index (χ0) is 21.7. The van der Waals surface area contributed by atoms with Crippen LogP contribution in [0.3, 0.4) is 0 Å². The molecule has 6 heteroatoms. The van der Waals surface area contributed by atoms with Crippen molar-refractivity contribution in [1.82, 2.24) is 9.97 Å². The molecule has 3 rings (SSSR count). The van der Waals surface area contributed by atoms with Gasteiger partial charge in [-0.2, -0.15) is 5.26 Å². The molecule has 0 aliphatic carbocycles. The number of hydrogen-bond donors (Lipinski definition) is 2. The van der Waals surface area contributed by atoms with Crippen LogP contribution < -0.4 is 10.6 Å². The Hall–Kier alpha value is -3.72. The van der Waals surface area contributed by atoms with Gasteiger partial charge in [0.1, 0.15) is 5.69 Å². The first kappa shape index (κ1) is 21.0. The summed E-state index contributed by atoms with van der Waals surface area (Å²) in [4.78, 5) is 21.4. The number of para-hydroxylation sites is 1. The van der Waals surface area contributed by atoms with E-state index in [-0.39, 0.29) is 11.6 Å². The number of benzene rings is 2. The largest absolute Gasteiger partial charge is 0.324 e. The Morgan fingerprint density at radius 3 is 2.17 bits per heavy atom. The summed E-state index contributed by atoms with van der Waals surface area (Å²) in [6.07, 6.45) is 1.57. The molecule has 0 bridgehead atoms. The monoisotopic (exact) mass is 399 g/mol. The van der Waals surface area contributed by atoms with E-state index in [9.17, 15) is 4.79 Å². The number of nitrogens with zero attached hydrogens (tertiary/aromatic N) is 3. The maximum Gasteiger partial charge on any atom is 0.274 e. The highest BCUT2D eigenvalue weighted by molar-refractivity contribution is 6.03. The molecule has 2 N–H and O–H groups in total. The first-order chi connectivity index (χ1) is 14.4. The molecular formula is C24H25N5O. The highest BCUT2D eigenvalue weighted by atomic mass is 16.1. The maximum absolute atomic E-state index is 12.6. The lowest BCUT2D eigenvalue weighted by molar-refractivity contribution is 0.102. The Balaban J connectivity index is 1.86. The Morgan fingerprint density at radius 1 is 0.967 bits per heavy atom. The van der Waals surface area contributed by atoms with Crippen LogP contribution in [0, 0.1) is 11.3 Å². The van der Waals surface area contributed by atoms with Crippen molar-refractivity contribution >= 4 is 23.2 Å². The molecule has 0 atom stereocenters. The molecule has 1 amide bonds. The number of rotatable bonds is 6. The van der Waals surface area contributed by atoms with Crippen LogP contribution in [0.1, 0.15) is 66.7 Å². The van der Waals surface area contributed by atoms with Crippen molar-refractivity contribution in [2.75, 3.05) is 10.6 Å². The smallest absolute Gasteiger partial charge is 0.274 e. The van der Waals surface area contributed by atoms with E-state index >= 15 is 0 Å². The molecule has 0 unspecified atom stereocenters. The maximum atomic E-state index is 12.6. The van der Waals surface area contributed by atoms with E-state index in [4.69, 9.17) is 5.26 Å². The van der Waals surface area contributed by atoms with Gasteiger partial charge in [0.05, 0.1) is 11.6 Å². The summed E-state index contributed by atoms with van der Waals surface area (Å²) in [5, 5.41) is 15.0. The normalized spacial score (nSPS) is 10.7. The van der Waals surface area contributed by atoms with Gasteiger partial charge >= 0.3 is 0 Å². The van der Waals surface area contributed by atoms with Gasteiger partial charge in [-0.1, -0.05) is 45.9 Å². The average Bonchev–Trinajstić information content (AvgIpc) is 2.74. The minimum atomic E-state index is -0.341. The van der Waals surface area contributed by atoms with E-state index in [1.54, 1.807) is 36.5 Å². The van der Waals surface area contributed by atoms with Crippen molar-refractivity contribution in [3.8, 4) is 6.07 Å². The molecule has 3 aromatic rings. The van der Waals surface area contributed by atoms with E-state index in [1.165, 1.54) is 11.1 Å². The van der Waals surface area contributed by atoms with Crippen LogP contribution in [0.4, 0.5) is 17.3 Å². The molecule has 0 aliphatic rings. The zero-order valence-corrected chi connectivity index (χ0v) is 17.6. The Labute approximate surface area is 177 Å². The van der Waals surface area contributed by atoms with E-state index < -0.39 is 0 Å². The summed E-state index contributed by atoms with van der Waals surface area (Å²) in [5.74, 6) is 0.687. The van der Waals surface area contributed by atoms with Crippen LogP contribution in [0.25, 0.3) is 0 Å². The van der Waals surface area contributed by atoms with Crippen LogP contribution in [0.2, 0.25) is 0 Å². The number of carbonyl (C=O) groups is 1. The van der Waals surface area contributed by atoms with Crippen LogP contribution in [0.5, 0.6) is 0 Å². The van der Waals surface area contributed by atoms with Crippen LogP contribution in [-0.2, 0) is 0 Å². The summed E-state index contributed by atoms with van der Waals surface area (Å²) in [6, 6.07) is 16.6. The molecule has 0 saturated heterocycles. The highest BCUT2D eigenvalue weighted by Crippen LogP contribution is 2.33. The van der Waals surface area contributed by atoms with E-state index in [1.807, 2.05) is 0 Å². The Bertz CT molecular complexity index is 1060. The summed E-state index contributed by atoms with van der Waals surface area (Å²) in [7, 11) is 0. The molecule has 30 heavy (non-hydrogen) atoms. The predicted octanol–water partition coefficient (Wildman–Crippen LogP) is 5.59. The second-order valence-corrected chi connectivity index (χ2v) is 7.65. The Kier molecular flexibility index (Phi) is 6.43. The molecule has 0 radical (unpaired) electrons. The first-order valence-corrected chi connectivity index (χ1v) is 9.93. The van der Waals surface area contributed by atoms with Gasteiger partial charge in [-0.05, 0) is 53.3 Å². The summed E-state index contributed by atoms with van der Waals surface area (Å²) in [6.45, 7) is 8.58. The first-order valence-electron chi connectivity index (χ1n) is 9.93.